The highest BCUT2D eigenvalue weighted by Crippen LogP contribution is 2.21. The Morgan fingerprint density at radius 1 is 1.67 bits per heavy atom. The maximum absolute atomic E-state index is 10.3. The Labute approximate surface area is 75.2 Å². The van der Waals surface area contributed by atoms with Crippen molar-refractivity contribution >= 4 is 23.0 Å². The van der Waals surface area contributed by atoms with Gasteiger partial charge >= 0.3 is 5.97 Å². The molecule has 66 valence electrons. The first kappa shape index (κ1) is 9.06. The minimum absolute atomic E-state index is 0.124. The van der Waals surface area contributed by atoms with Gasteiger partial charge in [0.15, 0.2) is 0 Å². The zero-order valence-electron chi connectivity index (χ0n) is 7.07. The van der Waals surface area contributed by atoms with Crippen molar-refractivity contribution in [3.05, 3.63) is 16.3 Å². The third-order valence-electron chi connectivity index (χ3n) is 1.48. The van der Waals surface area contributed by atoms with Crippen molar-refractivity contribution in [2.24, 2.45) is 0 Å². The zero-order valence-corrected chi connectivity index (χ0v) is 7.89. The van der Waals surface area contributed by atoms with Crippen LogP contribution in [-0.4, -0.2) is 25.2 Å². The number of nitrogens with zero attached hydrogens (tertiary/aromatic N) is 1. The van der Waals surface area contributed by atoms with E-state index in [0.29, 0.717) is 0 Å². The number of carboxylic acids is 1. The summed E-state index contributed by atoms with van der Waals surface area (Å²) in [5.74, 6) is -0.776. The first-order chi connectivity index (χ1) is 5.59. The predicted octanol–water partition coefficient (Wildman–Crippen LogP) is 1.44. The smallest absolute Gasteiger partial charge is 0.308 e. The van der Waals surface area contributed by atoms with E-state index in [1.165, 1.54) is 11.3 Å². The van der Waals surface area contributed by atoms with Gasteiger partial charge in [-0.2, -0.15) is 0 Å². The van der Waals surface area contributed by atoms with Crippen molar-refractivity contribution < 1.29 is 9.90 Å². The summed E-state index contributed by atoms with van der Waals surface area (Å²) in [7, 11) is 3.87. The van der Waals surface area contributed by atoms with Gasteiger partial charge in [0.05, 0.1) is 6.42 Å². The van der Waals surface area contributed by atoms with E-state index < -0.39 is 5.97 Å². The van der Waals surface area contributed by atoms with E-state index in [2.05, 4.69) is 0 Å². The molecule has 0 radical (unpaired) electrons. The molecule has 0 amide bonds. The van der Waals surface area contributed by atoms with Crippen molar-refractivity contribution in [2.45, 2.75) is 6.42 Å². The SMILES string of the molecule is CN(C)c1csc(CC(=O)O)c1. The van der Waals surface area contributed by atoms with Crippen LogP contribution in [0, 0.1) is 0 Å². The lowest BCUT2D eigenvalue weighted by molar-refractivity contribution is -0.136. The second-order valence-electron chi connectivity index (χ2n) is 2.74. The molecule has 1 aromatic heterocycles. The number of thiophene rings is 1. The van der Waals surface area contributed by atoms with Crippen molar-refractivity contribution in [2.75, 3.05) is 19.0 Å². The van der Waals surface area contributed by atoms with Crippen LogP contribution in [0.4, 0.5) is 5.69 Å². The Bertz CT molecular complexity index is 280. The number of rotatable bonds is 3. The van der Waals surface area contributed by atoms with Crippen molar-refractivity contribution in [3.63, 3.8) is 0 Å². The molecule has 0 spiro atoms. The maximum Gasteiger partial charge on any atom is 0.308 e. The fourth-order valence-corrected chi connectivity index (χ4v) is 1.79. The van der Waals surface area contributed by atoms with E-state index in [4.69, 9.17) is 5.11 Å². The maximum atomic E-state index is 10.3. The lowest BCUT2D eigenvalue weighted by atomic mass is 10.3. The standard InChI is InChI=1S/C8H11NO2S/c1-9(2)6-3-7(12-5-6)4-8(10)11/h3,5H,4H2,1-2H3,(H,10,11). The molecule has 1 aromatic rings. The van der Waals surface area contributed by atoms with Gasteiger partial charge in [-0.3, -0.25) is 4.79 Å². The summed E-state index contributed by atoms with van der Waals surface area (Å²) >= 11 is 1.48. The molecule has 0 aliphatic heterocycles. The number of hydrogen-bond donors (Lipinski definition) is 1. The Hall–Kier alpha value is -1.03. The van der Waals surface area contributed by atoms with Gasteiger partial charge in [0, 0.05) is 30.0 Å². The second-order valence-corrected chi connectivity index (χ2v) is 3.73. The molecule has 0 saturated heterocycles. The van der Waals surface area contributed by atoms with Gasteiger partial charge in [-0.05, 0) is 6.07 Å². The Morgan fingerprint density at radius 3 is 2.75 bits per heavy atom. The quantitative estimate of drug-likeness (QED) is 0.774. The number of aliphatic carboxylic acids is 1. The average molecular weight is 185 g/mol. The Kier molecular flexibility index (Phi) is 2.70. The van der Waals surface area contributed by atoms with E-state index in [9.17, 15) is 4.79 Å². The summed E-state index contributed by atoms with van der Waals surface area (Å²) in [5, 5.41) is 10.5. The Morgan fingerprint density at radius 2 is 2.33 bits per heavy atom. The van der Waals surface area contributed by atoms with E-state index in [0.717, 1.165) is 10.6 Å². The summed E-state index contributed by atoms with van der Waals surface area (Å²) in [4.78, 5) is 13.2. The highest BCUT2D eigenvalue weighted by Gasteiger charge is 2.04. The fraction of sp³-hybridized carbons (Fsp3) is 0.375. The van der Waals surface area contributed by atoms with Crippen LogP contribution in [0.3, 0.4) is 0 Å². The van der Waals surface area contributed by atoms with Gasteiger partial charge < -0.3 is 10.0 Å². The largest absolute Gasteiger partial charge is 0.481 e. The normalized spacial score (nSPS) is 9.83. The summed E-state index contributed by atoms with van der Waals surface area (Å²) in [5.41, 5.74) is 1.07. The van der Waals surface area contributed by atoms with Crippen LogP contribution in [-0.2, 0) is 11.2 Å². The first-order valence-corrected chi connectivity index (χ1v) is 4.44. The van der Waals surface area contributed by atoms with E-state index >= 15 is 0 Å². The van der Waals surface area contributed by atoms with Crippen LogP contribution in [0.5, 0.6) is 0 Å². The van der Waals surface area contributed by atoms with Gasteiger partial charge in [0.2, 0.25) is 0 Å². The van der Waals surface area contributed by atoms with Crippen LogP contribution in [0.25, 0.3) is 0 Å². The number of carboxylic acid groups (broad SMARTS) is 1. The second kappa shape index (κ2) is 3.58. The third kappa shape index (κ3) is 2.23. The molecule has 0 aromatic carbocycles. The van der Waals surface area contributed by atoms with Crippen LogP contribution < -0.4 is 4.90 Å². The zero-order chi connectivity index (χ0) is 9.14. The number of carbonyl (C=O) groups is 1. The van der Waals surface area contributed by atoms with Gasteiger partial charge in [-0.15, -0.1) is 11.3 Å². The van der Waals surface area contributed by atoms with Crippen LogP contribution >= 0.6 is 11.3 Å². The molecule has 1 N–H and O–H groups in total. The summed E-state index contributed by atoms with van der Waals surface area (Å²) in [6.45, 7) is 0. The van der Waals surface area contributed by atoms with Gasteiger partial charge in [0.25, 0.3) is 0 Å². The predicted molar refractivity (Wildman–Crippen MR) is 50.0 cm³/mol. The molecule has 1 heterocycles. The third-order valence-corrected chi connectivity index (χ3v) is 2.41. The minimum atomic E-state index is -0.776. The van der Waals surface area contributed by atoms with Gasteiger partial charge in [-0.1, -0.05) is 0 Å². The molecule has 1 rings (SSSR count). The molecule has 0 bridgehead atoms. The van der Waals surface area contributed by atoms with Gasteiger partial charge in [0.1, 0.15) is 0 Å². The van der Waals surface area contributed by atoms with E-state index in [-0.39, 0.29) is 6.42 Å². The summed E-state index contributed by atoms with van der Waals surface area (Å²) in [6.07, 6.45) is 0.124. The highest BCUT2D eigenvalue weighted by atomic mass is 32.1. The first-order valence-electron chi connectivity index (χ1n) is 3.56. The van der Waals surface area contributed by atoms with Crippen molar-refractivity contribution in [3.8, 4) is 0 Å². The van der Waals surface area contributed by atoms with Crippen molar-refractivity contribution in [1.29, 1.82) is 0 Å². The fourth-order valence-electron chi connectivity index (χ4n) is 0.845. The lowest BCUT2D eigenvalue weighted by Gasteiger charge is -2.07. The minimum Gasteiger partial charge on any atom is -0.481 e. The molecule has 4 heteroatoms. The van der Waals surface area contributed by atoms with Crippen LogP contribution in [0.15, 0.2) is 11.4 Å². The molecular formula is C8H11NO2S. The number of anilines is 1. The summed E-state index contributed by atoms with van der Waals surface area (Å²) in [6, 6.07) is 1.90. The highest BCUT2D eigenvalue weighted by molar-refractivity contribution is 7.10. The van der Waals surface area contributed by atoms with E-state index in [1.807, 2.05) is 30.4 Å². The molecular weight excluding hydrogens is 174 g/mol. The molecule has 3 nitrogen and oxygen atoms in total. The monoisotopic (exact) mass is 185 g/mol. The van der Waals surface area contributed by atoms with Crippen LogP contribution in [0.2, 0.25) is 0 Å². The molecule has 0 aliphatic rings. The number of hydrogen-bond acceptors (Lipinski definition) is 3. The molecule has 0 saturated carbocycles. The molecule has 0 unspecified atom stereocenters. The lowest BCUT2D eigenvalue weighted by Crippen LogP contribution is -2.07. The Balaban J connectivity index is 2.70. The molecule has 12 heavy (non-hydrogen) atoms. The van der Waals surface area contributed by atoms with Crippen molar-refractivity contribution in [1.82, 2.24) is 0 Å². The van der Waals surface area contributed by atoms with Gasteiger partial charge in [-0.25, -0.2) is 0 Å². The van der Waals surface area contributed by atoms with Crippen LogP contribution in [0.1, 0.15) is 4.88 Å². The average Bonchev–Trinajstić information content (AvgIpc) is 2.34. The molecule has 0 fully saturated rings. The molecule has 0 atom stereocenters. The topological polar surface area (TPSA) is 40.5 Å². The molecule has 0 aliphatic carbocycles. The van der Waals surface area contributed by atoms with E-state index in [1.54, 1.807) is 0 Å². The summed E-state index contributed by atoms with van der Waals surface area (Å²) < 4.78 is 0.